The van der Waals surface area contributed by atoms with Crippen LogP contribution in [-0.4, -0.2) is 27.1 Å². The Balaban J connectivity index is 1.58. The second-order valence-corrected chi connectivity index (χ2v) is 8.56. The molecule has 0 aliphatic carbocycles. The summed E-state index contributed by atoms with van der Waals surface area (Å²) < 4.78 is 15.2. The van der Waals surface area contributed by atoms with Gasteiger partial charge in [0.15, 0.2) is 5.16 Å². The Morgan fingerprint density at radius 2 is 1.74 bits per heavy atom. The topological polar surface area (TPSA) is 93.1 Å². The van der Waals surface area contributed by atoms with Gasteiger partial charge < -0.3 is 0 Å². The number of rotatable bonds is 5. The van der Waals surface area contributed by atoms with Gasteiger partial charge in [-0.3, -0.25) is 29.8 Å². The summed E-state index contributed by atoms with van der Waals surface area (Å²) in [7, 11) is 0. The van der Waals surface area contributed by atoms with Crippen molar-refractivity contribution in [3.05, 3.63) is 99.6 Å². The zero-order valence-corrected chi connectivity index (χ0v) is 19.3. The van der Waals surface area contributed by atoms with Crippen molar-refractivity contribution in [2.75, 3.05) is 5.75 Å². The molecule has 7 nitrogen and oxygen atoms in total. The number of amides is 2. The van der Waals surface area contributed by atoms with E-state index in [1.165, 1.54) is 22.8 Å². The van der Waals surface area contributed by atoms with Crippen molar-refractivity contribution < 1.29 is 14.0 Å². The van der Waals surface area contributed by atoms with Crippen LogP contribution < -0.4 is 16.4 Å². The summed E-state index contributed by atoms with van der Waals surface area (Å²) in [6.07, 6.45) is 0. The Hall–Kier alpha value is -3.98. The molecule has 0 aliphatic rings. The van der Waals surface area contributed by atoms with E-state index in [2.05, 4.69) is 15.8 Å². The smallest absolute Gasteiger partial charge is 0.272 e. The Morgan fingerprint density at radius 1 is 1.00 bits per heavy atom. The lowest BCUT2D eigenvalue weighted by Gasteiger charge is -2.15. The molecule has 9 heteroatoms. The molecule has 1 heterocycles. The lowest BCUT2D eigenvalue weighted by atomic mass is 10.1. The molecule has 0 atom stereocenters. The number of carbonyl (C=O) groups is 2. The summed E-state index contributed by atoms with van der Waals surface area (Å²) in [5, 5.41) is 0.805. The lowest BCUT2D eigenvalue weighted by molar-refractivity contribution is -0.119. The molecule has 3 aromatic carbocycles. The largest absolute Gasteiger partial charge is 0.272 e. The first-order valence-corrected chi connectivity index (χ1v) is 11.4. The lowest BCUT2D eigenvalue weighted by Crippen LogP contribution is -2.42. The van der Waals surface area contributed by atoms with Crippen molar-refractivity contribution in [1.29, 1.82) is 0 Å². The Labute approximate surface area is 199 Å². The molecule has 172 valence electrons. The molecule has 0 saturated heterocycles. The molecule has 34 heavy (non-hydrogen) atoms. The molecular formula is C25H21FN4O3S. The molecule has 0 spiro atoms. The number of halogens is 1. The van der Waals surface area contributed by atoms with Crippen LogP contribution >= 0.6 is 11.8 Å². The van der Waals surface area contributed by atoms with Crippen LogP contribution in [0.15, 0.2) is 76.7 Å². The molecule has 0 aliphatic heterocycles. The number of carbonyl (C=O) groups excluding carboxylic acids is 2. The number of aryl methyl sites for hydroxylation is 2. The minimum Gasteiger partial charge on any atom is -0.272 e. The van der Waals surface area contributed by atoms with Crippen LogP contribution in [-0.2, 0) is 4.79 Å². The van der Waals surface area contributed by atoms with E-state index in [0.29, 0.717) is 21.7 Å². The van der Waals surface area contributed by atoms with Crippen LogP contribution in [0.2, 0.25) is 0 Å². The van der Waals surface area contributed by atoms with E-state index in [0.717, 1.165) is 29.0 Å². The van der Waals surface area contributed by atoms with E-state index < -0.39 is 17.6 Å². The van der Waals surface area contributed by atoms with Crippen molar-refractivity contribution in [3.63, 3.8) is 0 Å². The molecule has 4 aromatic rings. The Morgan fingerprint density at radius 3 is 2.50 bits per heavy atom. The third kappa shape index (κ3) is 4.84. The van der Waals surface area contributed by atoms with Crippen LogP contribution in [0.25, 0.3) is 16.6 Å². The molecule has 0 bridgehead atoms. The zero-order valence-electron chi connectivity index (χ0n) is 18.5. The number of hydrogen-bond donors (Lipinski definition) is 2. The summed E-state index contributed by atoms with van der Waals surface area (Å²) in [6.45, 7) is 3.87. The average Bonchev–Trinajstić information content (AvgIpc) is 2.82. The van der Waals surface area contributed by atoms with Crippen LogP contribution in [0.5, 0.6) is 0 Å². The Kier molecular flexibility index (Phi) is 6.74. The zero-order chi connectivity index (χ0) is 24.2. The quantitative estimate of drug-likeness (QED) is 0.260. The number of thioether (sulfide) groups is 1. The van der Waals surface area contributed by atoms with E-state index in [4.69, 9.17) is 0 Å². The summed E-state index contributed by atoms with van der Waals surface area (Å²) in [5.74, 6) is -2.13. The van der Waals surface area contributed by atoms with Gasteiger partial charge in [-0.25, -0.2) is 9.37 Å². The monoisotopic (exact) mass is 476 g/mol. The normalized spacial score (nSPS) is 10.8. The predicted molar refractivity (Wildman–Crippen MR) is 130 cm³/mol. The highest BCUT2D eigenvalue weighted by Gasteiger charge is 2.17. The number of aromatic nitrogens is 2. The van der Waals surface area contributed by atoms with Gasteiger partial charge in [-0.2, -0.15) is 0 Å². The van der Waals surface area contributed by atoms with Crippen LogP contribution in [0.1, 0.15) is 21.5 Å². The van der Waals surface area contributed by atoms with Gasteiger partial charge in [0.05, 0.1) is 27.9 Å². The van der Waals surface area contributed by atoms with Crippen LogP contribution in [0, 0.1) is 19.7 Å². The summed E-state index contributed by atoms with van der Waals surface area (Å²) >= 11 is 1.06. The minimum atomic E-state index is -0.771. The number of hydrogen-bond acceptors (Lipinski definition) is 5. The van der Waals surface area contributed by atoms with Gasteiger partial charge in [0, 0.05) is 0 Å². The fourth-order valence-electron chi connectivity index (χ4n) is 3.48. The third-order valence-corrected chi connectivity index (χ3v) is 6.04. The average molecular weight is 477 g/mol. The van der Waals surface area contributed by atoms with E-state index in [1.54, 1.807) is 24.3 Å². The van der Waals surface area contributed by atoms with Gasteiger partial charge >= 0.3 is 0 Å². The molecular weight excluding hydrogens is 455 g/mol. The van der Waals surface area contributed by atoms with Gasteiger partial charge in [-0.05, 0) is 49.7 Å². The number of nitrogens with one attached hydrogen (secondary N) is 2. The highest BCUT2D eigenvalue weighted by atomic mass is 32.2. The number of nitrogens with zero attached hydrogens (tertiary/aromatic N) is 2. The third-order valence-electron chi connectivity index (χ3n) is 5.10. The highest BCUT2D eigenvalue weighted by Crippen LogP contribution is 2.23. The molecule has 4 rings (SSSR count). The maximum absolute atomic E-state index is 13.7. The molecule has 0 fully saturated rings. The first kappa shape index (κ1) is 23.2. The molecule has 0 radical (unpaired) electrons. The van der Waals surface area contributed by atoms with Crippen molar-refractivity contribution in [2.45, 2.75) is 19.0 Å². The standard InChI is InChI=1S/C25H21FN4O3S/c1-15-11-12-21(16(2)13-15)30-24(33)18-8-4-6-10-20(18)27-25(30)34-14-22(31)28-29-23(32)17-7-3-5-9-19(17)26/h3-13H,14H2,1-2H3,(H,28,31)(H,29,32). The van der Waals surface area contributed by atoms with Crippen LogP contribution in [0.3, 0.4) is 0 Å². The Bertz CT molecular complexity index is 1470. The first-order chi connectivity index (χ1) is 16.3. The minimum absolute atomic E-state index is 0.132. The number of benzene rings is 3. The van der Waals surface area contributed by atoms with E-state index in [-0.39, 0.29) is 16.9 Å². The van der Waals surface area contributed by atoms with Gasteiger partial charge in [0.2, 0.25) is 5.91 Å². The molecule has 1 aromatic heterocycles. The maximum Gasteiger partial charge on any atom is 0.272 e. The van der Waals surface area contributed by atoms with E-state index >= 15 is 0 Å². The first-order valence-electron chi connectivity index (χ1n) is 10.4. The number of hydrazine groups is 1. The predicted octanol–water partition coefficient (Wildman–Crippen LogP) is 3.69. The SMILES string of the molecule is Cc1ccc(-n2c(SCC(=O)NNC(=O)c3ccccc3F)nc3ccccc3c2=O)c(C)c1. The fraction of sp³-hybridized carbons (Fsp3) is 0.120. The maximum atomic E-state index is 13.7. The van der Waals surface area contributed by atoms with Gasteiger partial charge in [0.1, 0.15) is 5.82 Å². The number of fused-ring (bicyclic) bond motifs is 1. The van der Waals surface area contributed by atoms with Crippen molar-refractivity contribution in [3.8, 4) is 5.69 Å². The summed E-state index contributed by atoms with van der Waals surface area (Å²) in [4.78, 5) is 42.5. The van der Waals surface area contributed by atoms with Crippen LogP contribution in [0.4, 0.5) is 4.39 Å². The second-order valence-electron chi connectivity index (χ2n) is 7.61. The molecule has 2 N–H and O–H groups in total. The van der Waals surface area contributed by atoms with Gasteiger partial charge in [-0.1, -0.05) is 53.7 Å². The summed E-state index contributed by atoms with van der Waals surface area (Å²) in [5.41, 5.74) is 7.18. The van der Waals surface area contributed by atoms with Gasteiger partial charge in [0.25, 0.3) is 11.5 Å². The second kappa shape index (κ2) is 9.88. The van der Waals surface area contributed by atoms with Crippen molar-refractivity contribution in [2.24, 2.45) is 0 Å². The highest BCUT2D eigenvalue weighted by molar-refractivity contribution is 7.99. The molecule has 0 saturated carbocycles. The fourth-order valence-corrected chi connectivity index (χ4v) is 4.29. The van der Waals surface area contributed by atoms with Gasteiger partial charge in [-0.15, -0.1) is 0 Å². The van der Waals surface area contributed by atoms with Crippen molar-refractivity contribution in [1.82, 2.24) is 20.4 Å². The molecule has 0 unspecified atom stereocenters. The summed E-state index contributed by atoms with van der Waals surface area (Å²) in [6, 6.07) is 18.2. The van der Waals surface area contributed by atoms with E-state index in [9.17, 15) is 18.8 Å². The number of para-hydroxylation sites is 1. The van der Waals surface area contributed by atoms with Crippen molar-refractivity contribution >= 4 is 34.5 Å². The molecule has 2 amide bonds. The van der Waals surface area contributed by atoms with E-state index in [1.807, 2.05) is 32.0 Å².